The molecule has 0 saturated carbocycles. The molecule has 0 aromatic heterocycles. The van der Waals surface area contributed by atoms with Gasteiger partial charge in [0.1, 0.15) is 24.4 Å². The van der Waals surface area contributed by atoms with Crippen LogP contribution in [-0.2, 0) is 33.3 Å². The number of nitrogens with two attached hydrogens (primary N) is 1. The van der Waals surface area contributed by atoms with Gasteiger partial charge in [0, 0.05) is 49.9 Å². The highest BCUT2D eigenvalue weighted by molar-refractivity contribution is 5.75. The molecule has 1 amide bonds. The molecule has 4 N–H and O–H groups in total. The highest BCUT2D eigenvalue weighted by atomic mass is 16.6. The Morgan fingerprint density at radius 2 is 1.52 bits per heavy atom. The van der Waals surface area contributed by atoms with Crippen molar-refractivity contribution in [1.29, 1.82) is 0 Å². The topological polar surface area (TPSA) is 172 Å². The zero-order chi connectivity index (χ0) is 36.9. The van der Waals surface area contributed by atoms with Crippen LogP contribution in [0.2, 0.25) is 0 Å². The number of rotatable bonds is 18. The molecule has 1 rings (SSSR count). The van der Waals surface area contributed by atoms with E-state index >= 15 is 0 Å². The number of cyclic esters (lactones) is 1. The third-order valence-corrected chi connectivity index (χ3v) is 9.14. The maximum Gasteiger partial charge on any atom is 0.404 e. The summed E-state index contributed by atoms with van der Waals surface area (Å²) >= 11 is 0. The van der Waals surface area contributed by atoms with Gasteiger partial charge in [0.25, 0.3) is 0 Å². The van der Waals surface area contributed by atoms with Gasteiger partial charge < -0.3 is 34.9 Å². The Morgan fingerprint density at radius 1 is 0.917 bits per heavy atom. The average molecular weight is 678 g/mol. The van der Waals surface area contributed by atoms with E-state index in [1.54, 1.807) is 31.2 Å². The second-order valence-corrected chi connectivity index (χ2v) is 13.6. The Morgan fingerprint density at radius 3 is 2.06 bits per heavy atom. The summed E-state index contributed by atoms with van der Waals surface area (Å²) in [7, 11) is 0. The van der Waals surface area contributed by atoms with Crippen molar-refractivity contribution in [2.75, 3.05) is 0 Å². The first-order valence-corrected chi connectivity index (χ1v) is 16.8. The SMILES string of the molecule is C=C/C=C\[C@H](C)[C@H](OC(N)=O)[C@@H](C)[C@H](O)[C@@H](C)C/C(C)=C\[C@H](C)[C@@H](OC(C)=O)[C@@H](C)/C=C\[C@@H](O)C[C@@H]1OC(=O)[C@H](C)[C@@H](OC(C)=O)[C@H]1C. The number of esters is 3. The normalized spacial score (nSPS) is 25.9. The number of allylic oxidation sites excluding steroid dienone is 3. The van der Waals surface area contributed by atoms with Crippen LogP contribution in [0.4, 0.5) is 4.79 Å². The van der Waals surface area contributed by atoms with Gasteiger partial charge in [-0.3, -0.25) is 14.4 Å². The van der Waals surface area contributed by atoms with Gasteiger partial charge in [-0.15, -0.1) is 0 Å². The maximum atomic E-state index is 12.4. The van der Waals surface area contributed by atoms with Gasteiger partial charge in [0.05, 0.1) is 18.1 Å². The number of amides is 1. The Hall–Kier alpha value is -3.44. The van der Waals surface area contributed by atoms with Crippen LogP contribution in [0.15, 0.2) is 48.6 Å². The number of hydrogen-bond acceptors (Lipinski definition) is 10. The summed E-state index contributed by atoms with van der Waals surface area (Å²) in [5.41, 5.74) is 6.31. The Labute approximate surface area is 286 Å². The monoisotopic (exact) mass is 677 g/mol. The average Bonchev–Trinajstić information content (AvgIpc) is 2.99. The molecule has 0 spiro atoms. The van der Waals surface area contributed by atoms with E-state index in [-0.39, 0.29) is 36.0 Å². The van der Waals surface area contributed by atoms with Gasteiger partial charge in [-0.05, 0) is 26.2 Å². The zero-order valence-corrected chi connectivity index (χ0v) is 30.3. The molecule has 1 aliphatic rings. The van der Waals surface area contributed by atoms with Crippen LogP contribution in [0.3, 0.4) is 0 Å². The van der Waals surface area contributed by atoms with Crippen molar-refractivity contribution in [2.45, 2.75) is 119 Å². The van der Waals surface area contributed by atoms with E-state index in [1.807, 2.05) is 60.6 Å². The first-order chi connectivity index (χ1) is 22.3. The van der Waals surface area contributed by atoms with E-state index in [0.29, 0.717) is 6.42 Å². The predicted molar refractivity (Wildman–Crippen MR) is 183 cm³/mol. The van der Waals surface area contributed by atoms with Crippen molar-refractivity contribution in [3.05, 3.63) is 48.6 Å². The fraction of sp³-hybridized carbons (Fsp3) is 0.676. The largest absolute Gasteiger partial charge is 0.462 e. The lowest BCUT2D eigenvalue weighted by atomic mass is 9.81. The number of carbonyl (C=O) groups excluding carboxylic acids is 4. The summed E-state index contributed by atoms with van der Waals surface area (Å²) in [4.78, 5) is 47.7. The predicted octanol–water partition coefficient (Wildman–Crippen LogP) is 5.44. The van der Waals surface area contributed by atoms with E-state index < -0.39 is 72.5 Å². The molecule has 48 heavy (non-hydrogen) atoms. The van der Waals surface area contributed by atoms with E-state index in [1.165, 1.54) is 13.8 Å². The Bertz CT molecular complexity index is 1180. The summed E-state index contributed by atoms with van der Waals surface area (Å²) in [6, 6.07) is 0. The van der Waals surface area contributed by atoms with Crippen molar-refractivity contribution < 1.29 is 48.3 Å². The van der Waals surface area contributed by atoms with Crippen LogP contribution in [0, 0.1) is 41.4 Å². The number of aliphatic hydroxyl groups excluding tert-OH is 2. The first kappa shape index (κ1) is 42.6. The second kappa shape index (κ2) is 20.2. The van der Waals surface area contributed by atoms with Crippen LogP contribution in [0.1, 0.15) is 82.1 Å². The molecule has 0 aliphatic carbocycles. The molecule has 11 heteroatoms. The van der Waals surface area contributed by atoms with E-state index in [4.69, 9.17) is 24.7 Å². The Kier molecular flexibility index (Phi) is 17.9. The van der Waals surface area contributed by atoms with E-state index in [9.17, 15) is 29.4 Å². The molecule has 0 aromatic carbocycles. The molecule has 1 saturated heterocycles. The van der Waals surface area contributed by atoms with Gasteiger partial charge in [-0.25, -0.2) is 4.79 Å². The summed E-state index contributed by atoms with van der Waals surface area (Å²) < 4.78 is 22.0. The fourth-order valence-corrected chi connectivity index (χ4v) is 6.59. The fourth-order valence-electron chi connectivity index (χ4n) is 6.59. The Balaban J connectivity index is 3.00. The van der Waals surface area contributed by atoms with Crippen molar-refractivity contribution in [3.8, 4) is 0 Å². The van der Waals surface area contributed by atoms with Gasteiger partial charge >= 0.3 is 24.0 Å². The minimum Gasteiger partial charge on any atom is -0.462 e. The third kappa shape index (κ3) is 13.6. The molecule has 1 aliphatic heterocycles. The van der Waals surface area contributed by atoms with Gasteiger partial charge in [-0.2, -0.15) is 0 Å². The molecule has 13 atom stereocenters. The molecular formula is C37H59NO10. The van der Waals surface area contributed by atoms with Crippen LogP contribution < -0.4 is 5.73 Å². The lowest BCUT2D eigenvalue weighted by Gasteiger charge is -2.38. The van der Waals surface area contributed by atoms with Crippen molar-refractivity contribution in [1.82, 2.24) is 0 Å². The molecule has 272 valence electrons. The molecule has 1 fully saturated rings. The van der Waals surface area contributed by atoms with E-state index in [0.717, 1.165) is 5.57 Å². The van der Waals surface area contributed by atoms with Crippen molar-refractivity contribution >= 4 is 24.0 Å². The summed E-state index contributed by atoms with van der Waals surface area (Å²) in [5.74, 6) is -3.64. The number of carbonyl (C=O) groups is 4. The summed E-state index contributed by atoms with van der Waals surface area (Å²) in [6.45, 7) is 21.2. The summed E-state index contributed by atoms with van der Waals surface area (Å²) in [5, 5.41) is 22.0. The number of hydrogen-bond donors (Lipinski definition) is 3. The van der Waals surface area contributed by atoms with Crippen LogP contribution >= 0.6 is 0 Å². The first-order valence-electron chi connectivity index (χ1n) is 16.8. The van der Waals surface area contributed by atoms with Gasteiger partial charge in [0.15, 0.2) is 0 Å². The molecule has 0 radical (unpaired) electrons. The van der Waals surface area contributed by atoms with Crippen molar-refractivity contribution in [2.24, 2.45) is 47.2 Å². The summed E-state index contributed by atoms with van der Waals surface area (Å²) in [6.07, 6.45) is 6.10. The third-order valence-electron chi connectivity index (χ3n) is 9.14. The quantitative estimate of drug-likeness (QED) is 0.0734. The number of primary amides is 1. The molecule has 1 heterocycles. The smallest absolute Gasteiger partial charge is 0.404 e. The molecule has 0 unspecified atom stereocenters. The standard InChI is InChI=1S/C37H59NO10/c1-12-13-14-21(3)34(48-37(38)44)26(8)32(42)23(5)17-20(2)18-24(6)33(45-28(10)39)22(4)15-16-30(41)19-31-25(7)35(46-29(11)40)27(9)36(43)47-31/h12-16,18,21-27,30-35,41-42H,1,17,19H2,2-11H3,(H2,38,44)/b14-13-,16-15-,20-18-/t21-,22-,23-,24-,25-,26-,27+,30+,31-,32+,33-,34-,35-/m0/s1. The highest BCUT2D eigenvalue weighted by Crippen LogP contribution is 2.32. The second-order valence-electron chi connectivity index (χ2n) is 13.6. The van der Waals surface area contributed by atoms with Crippen molar-refractivity contribution in [3.63, 3.8) is 0 Å². The van der Waals surface area contributed by atoms with Crippen LogP contribution in [0.5, 0.6) is 0 Å². The lowest BCUT2D eigenvalue weighted by Crippen LogP contribution is -2.49. The van der Waals surface area contributed by atoms with Crippen LogP contribution in [0.25, 0.3) is 0 Å². The minimum atomic E-state index is -0.966. The van der Waals surface area contributed by atoms with Gasteiger partial charge in [0.2, 0.25) is 0 Å². The molecular weight excluding hydrogens is 618 g/mol. The molecule has 11 nitrogen and oxygen atoms in total. The van der Waals surface area contributed by atoms with Crippen LogP contribution in [-0.4, -0.2) is 70.8 Å². The maximum absolute atomic E-state index is 12.4. The number of ether oxygens (including phenoxy) is 4. The molecule has 0 aromatic rings. The minimum absolute atomic E-state index is 0.112. The number of aliphatic hydroxyl groups is 2. The van der Waals surface area contributed by atoms with E-state index in [2.05, 4.69) is 6.58 Å². The lowest BCUT2D eigenvalue weighted by molar-refractivity contribution is -0.188. The molecule has 0 bridgehead atoms. The highest BCUT2D eigenvalue weighted by Gasteiger charge is 2.44. The van der Waals surface area contributed by atoms with Gasteiger partial charge in [-0.1, -0.05) is 90.2 Å². The zero-order valence-electron chi connectivity index (χ0n) is 30.3.